The average Bonchev–Trinajstić information content (AvgIpc) is 3.12. The lowest BCUT2D eigenvalue weighted by Gasteiger charge is -2.45. The molecule has 0 aromatic heterocycles. The van der Waals surface area contributed by atoms with E-state index in [4.69, 9.17) is 4.43 Å². The van der Waals surface area contributed by atoms with E-state index < -0.39 is 8.32 Å². The molecule has 0 saturated heterocycles. The van der Waals surface area contributed by atoms with Crippen molar-refractivity contribution in [3.8, 4) is 0 Å². The zero-order valence-corrected chi connectivity index (χ0v) is 22.9. The summed E-state index contributed by atoms with van der Waals surface area (Å²) in [4.78, 5) is 2.26. The minimum atomic E-state index is -1.75. The van der Waals surface area contributed by atoms with Gasteiger partial charge in [0.15, 0.2) is 8.32 Å². The zero-order chi connectivity index (χ0) is 21.7. The summed E-state index contributed by atoms with van der Waals surface area (Å²) in [6.07, 6.45) is 14.3. The van der Waals surface area contributed by atoms with E-state index in [1.54, 1.807) is 5.57 Å². The summed E-state index contributed by atoms with van der Waals surface area (Å²) < 4.78 is 6.86. The van der Waals surface area contributed by atoms with Gasteiger partial charge in [0, 0.05) is 0 Å². The van der Waals surface area contributed by atoms with E-state index in [1.807, 2.05) is 0 Å². The first kappa shape index (κ1) is 23.8. The number of rotatable bonds is 5. The van der Waals surface area contributed by atoms with Gasteiger partial charge in [-0.1, -0.05) is 68.3 Å². The van der Waals surface area contributed by atoms with Gasteiger partial charge in [-0.25, -0.2) is 0 Å². The zero-order valence-electron chi connectivity index (χ0n) is 20.3. The monoisotopic (exact) mass is 480 g/mol. The molecule has 3 rings (SSSR count). The van der Waals surface area contributed by atoms with Gasteiger partial charge < -0.3 is 4.43 Å². The van der Waals surface area contributed by atoms with Crippen molar-refractivity contribution in [3.63, 3.8) is 0 Å². The summed E-state index contributed by atoms with van der Waals surface area (Å²) in [5.41, 5.74) is 2.14. The highest BCUT2D eigenvalue weighted by Gasteiger charge is 2.51. The van der Waals surface area contributed by atoms with Crippen molar-refractivity contribution in [1.29, 1.82) is 0 Å². The summed E-state index contributed by atoms with van der Waals surface area (Å²) in [6.45, 7) is 19.3. The van der Waals surface area contributed by atoms with Gasteiger partial charge in [0.25, 0.3) is 0 Å². The Morgan fingerprint density at radius 2 is 1.97 bits per heavy atom. The molecule has 2 fully saturated rings. The van der Waals surface area contributed by atoms with Crippen LogP contribution >= 0.6 is 15.9 Å². The van der Waals surface area contributed by atoms with Crippen LogP contribution in [0.15, 0.2) is 22.7 Å². The highest BCUT2D eigenvalue weighted by atomic mass is 79.9. The topological polar surface area (TPSA) is 9.23 Å². The van der Waals surface area contributed by atoms with E-state index in [2.05, 4.69) is 87.7 Å². The Balaban J connectivity index is 1.63. The lowest BCUT2D eigenvalue weighted by atomic mass is 9.61. The summed E-state index contributed by atoms with van der Waals surface area (Å²) in [5, 5.41) is 0.268. The normalized spacial score (nSPS) is 40.4. The predicted octanol–water partition coefficient (Wildman–Crippen LogP) is 8.86. The smallest absolute Gasteiger partial charge is 0.193 e. The minimum Gasteiger partial charge on any atom is -0.408 e. The average molecular weight is 482 g/mol. The fourth-order valence-corrected chi connectivity index (χ4v) is 8.93. The van der Waals surface area contributed by atoms with Gasteiger partial charge in [-0.15, -0.1) is 0 Å². The van der Waals surface area contributed by atoms with Gasteiger partial charge in [-0.3, -0.25) is 0 Å². The van der Waals surface area contributed by atoms with Gasteiger partial charge in [-0.2, -0.15) is 0 Å². The summed E-state index contributed by atoms with van der Waals surface area (Å²) >= 11 is 3.67. The van der Waals surface area contributed by atoms with Gasteiger partial charge in [-0.05, 0) is 104 Å². The van der Waals surface area contributed by atoms with Crippen LogP contribution in [0.2, 0.25) is 18.1 Å². The number of hydrogen-bond donors (Lipinski definition) is 0. The lowest BCUT2D eigenvalue weighted by molar-refractivity contribution is 0.0791. The molecule has 1 nitrogen and oxygen atoms in total. The van der Waals surface area contributed by atoms with Gasteiger partial charge in [0.2, 0.25) is 0 Å². The van der Waals surface area contributed by atoms with Gasteiger partial charge >= 0.3 is 0 Å². The highest BCUT2D eigenvalue weighted by molar-refractivity contribution is 9.11. The summed E-state index contributed by atoms with van der Waals surface area (Å²) in [7, 11) is -1.75. The number of hydrogen-bond acceptors (Lipinski definition) is 1. The standard InChI is InChI=1S/C26H45BrOSi/c1-19(22-11-12-23-21(18-27)10-9-14-26(22,23)6)16-20-13-15-25(5,17-20)28-29(7,8)24(2,3)4/h13,15,18-20,22-23H,9-12,14,16-17H2,1-8H3/b21-18+/t19-,20-,22-,23?,25+,26-/m1/s1. The molecule has 0 N–H and O–H groups in total. The van der Waals surface area contributed by atoms with Crippen LogP contribution < -0.4 is 0 Å². The number of fused-ring (bicyclic) bond motifs is 1. The molecule has 0 amide bonds. The second-order valence-electron chi connectivity index (χ2n) is 12.5. The molecule has 3 aliphatic rings. The van der Waals surface area contributed by atoms with E-state index in [0.717, 1.165) is 17.8 Å². The van der Waals surface area contributed by atoms with Gasteiger partial charge in [0.1, 0.15) is 0 Å². The Kier molecular flexibility index (Phi) is 6.76. The quantitative estimate of drug-likeness (QED) is 0.281. The lowest BCUT2D eigenvalue weighted by Crippen LogP contribution is -2.47. The molecule has 0 aromatic carbocycles. The maximum Gasteiger partial charge on any atom is 0.193 e. The largest absolute Gasteiger partial charge is 0.408 e. The van der Waals surface area contributed by atoms with E-state index >= 15 is 0 Å². The van der Waals surface area contributed by atoms with Crippen LogP contribution in [0.3, 0.4) is 0 Å². The SMILES string of the molecule is C[C@H](C[C@H]1C=C[C@](C)(O[Si](C)(C)C(C)(C)C)C1)[C@H]1CCC2/C(=C/Br)CCC[C@@]21C. The van der Waals surface area contributed by atoms with Crippen LogP contribution in [0.25, 0.3) is 0 Å². The third kappa shape index (κ3) is 4.67. The van der Waals surface area contributed by atoms with Crippen molar-refractivity contribution in [2.24, 2.45) is 29.1 Å². The van der Waals surface area contributed by atoms with Crippen LogP contribution in [0.4, 0.5) is 0 Å². The highest BCUT2D eigenvalue weighted by Crippen LogP contribution is 2.60. The Bertz CT molecular complexity index is 660. The van der Waals surface area contributed by atoms with Crippen LogP contribution in [-0.2, 0) is 4.43 Å². The van der Waals surface area contributed by atoms with Crippen molar-refractivity contribution in [2.45, 2.75) is 110 Å². The van der Waals surface area contributed by atoms with Crippen molar-refractivity contribution in [1.82, 2.24) is 0 Å². The maximum atomic E-state index is 6.86. The van der Waals surface area contributed by atoms with E-state index in [1.165, 1.54) is 44.9 Å². The fourth-order valence-electron chi connectivity index (χ4n) is 6.76. The van der Waals surface area contributed by atoms with E-state index in [-0.39, 0.29) is 10.6 Å². The number of halogens is 1. The first-order valence-corrected chi connectivity index (χ1v) is 15.8. The minimum absolute atomic E-state index is 0.0633. The molecule has 2 saturated carbocycles. The molecule has 0 heterocycles. The predicted molar refractivity (Wildman–Crippen MR) is 133 cm³/mol. The second kappa shape index (κ2) is 8.24. The van der Waals surface area contributed by atoms with Crippen molar-refractivity contribution in [3.05, 3.63) is 22.7 Å². The Morgan fingerprint density at radius 1 is 1.28 bits per heavy atom. The van der Waals surface area contributed by atoms with Crippen LogP contribution in [0.5, 0.6) is 0 Å². The van der Waals surface area contributed by atoms with Crippen LogP contribution in [0, 0.1) is 29.1 Å². The molecule has 1 unspecified atom stereocenters. The molecule has 3 aliphatic carbocycles. The maximum absolute atomic E-state index is 6.86. The van der Waals surface area contributed by atoms with E-state index in [0.29, 0.717) is 11.3 Å². The molecular weight excluding hydrogens is 436 g/mol. The Morgan fingerprint density at radius 3 is 2.59 bits per heavy atom. The van der Waals surface area contributed by atoms with Crippen LogP contribution in [-0.4, -0.2) is 13.9 Å². The number of allylic oxidation sites excluding steroid dienone is 2. The Hall–Kier alpha value is 0.137. The fraction of sp³-hybridized carbons (Fsp3) is 0.846. The van der Waals surface area contributed by atoms with E-state index in [9.17, 15) is 0 Å². The molecule has 0 radical (unpaired) electrons. The molecule has 166 valence electrons. The molecule has 0 spiro atoms. The molecule has 0 aromatic rings. The summed E-state index contributed by atoms with van der Waals surface area (Å²) in [6, 6.07) is 0. The second-order valence-corrected chi connectivity index (χ2v) is 17.7. The van der Waals surface area contributed by atoms with Crippen LogP contribution in [0.1, 0.15) is 86.5 Å². The molecule has 0 bridgehead atoms. The molecule has 3 heteroatoms. The third-order valence-electron chi connectivity index (χ3n) is 9.22. The first-order valence-electron chi connectivity index (χ1n) is 12.0. The summed E-state index contributed by atoms with van der Waals surface area (Å²) in [5.74, 6) is 3.16. The molecule has 6 atom stereocenters. The van der Waals surface area contributed by atoms with Crippen molar-refractivity contribution in [2.75, 3.05) is 0 Å². The molecular formula is C26H45BrOSi. The molecule has 29 heavy (non-hydrogen) atoms. The van der Waals surface area contributed by atoms with Crippen molar-refractivity contribution < 1.29 is 4.43 Å². The third-order valence-corrected chi connectivity index (χ3v) is 14.4. The molecule has 0 aliphatic heterocycles. The van der Waals surface area contributed by atoms with Gasteiger partial charge in [0.05, 0.1) is 5.60 Å². The Labute approximate surface area is 190 Å². The van der Waals surface area contributed by atoms with Crippen molar-refractivity contribution >= 4 is 24.2 Å². The first-order chi connectivity index (χ1) is 13.3.